The van der Waals surface area contributed by atoms with Crippen molar-refractivity contribution in [3.05, 3.63) is 52.8 Å². The minimum Gasteiger partial charge on any atom is -0.419 e. The highest BCUT2D eigenvalue weighted by Gasteiger charge is 2.32. The molecule has 7 nitrogen and oxygen atoms in total. The summed E-state index contributed by atoms with van der Waals surface area (Å²) < 4.78 is 49.1. The zero-order valence-corrected chi connectivity index (χ0v) is 16.7. The fourth-order valence-corrected chi connectivity index (χ4v) is 4.86. The number of nitrogens with one attached hydrogen (secondary N) is 1. The van der Waals surface area contributed by atoms with E-state index in [-0.39, 0.29) is 17.3 Å². The van der Waals surface area contributed by atoms with Crippen LogP contribution in [0.15, 0.2) is 33.6 Å². The average Bonchev–Trinajstić information content (AvgIpc) is 3.34. The summed E-state index contributed by atoms with van der Waals surface area (Å²) in [5.41, 5.74) is 2.39. The minimum absolute atomic E-state index is 0.0676. The Balaban J connectivity index is 1.65. The van der Waals surface area contributed by atoms with E-state index >= 15 is 0 Å². The number of benzene rings is 1. The number of aromatic nitrogens is 3. The first kappa shape index (κ1) is 18.8. The van der Waals surface area contributed by atoms with Crippen LogP contribution in [-0.4, -0.2) is 23.2 Å². The van der Waals surface area contributed by atoms with Gasteiger partial charge in [0.05, 0.1) is 0 Å². The summed E-state index contributed by atoms with van der Waals surface area (Å²) in [7, 11) is -2.02. The first-order chi connectivity index (χ1) is 13.3. The average molecular weight is 404 g/mol. The summed E-state index contributed by atoms with van der Waals surface area (Å²) in [5, 5.41) is 8.21. The van der Waals surface area contributed by atoms with Crippen molar-refractivity contribution >= 4 is 10.0 Å². The van der Waals surface area contributed by atoms with Crippen LogP contribution in [0, 0.1) is 19.7 Å². The molecule has 1 saturated carbocycles. The molecule has 0 saturated heterocycles. The second kappa shape index (κ2) is 6.82. The highest BCUT2D eigenvalue weighted by Crippen LogP contribution is 2.41. The van der Waals surface area contributed by atoms with Crippen molar-refractivity contribution in [2.24, 2.45) is 7.05 Å². The molecule has 1 aliphatic carbocycles. The van der Waals surface area contributed by atoms with E-state index < -0.39 is 10.0 Å². The third-order valence-electron chi connectivity index (χ3n) is 5.08. The van der Waals surface area contributed by atoms with Gasteiger partial charge in [-0.2, -0.15) is 0 Å². The largest absolute Gasteiger partial charge is 0.419 e. The van der Waals surface area contributed by atoms with E-state index in [0.29, 0.717) is 40.2 Å². The summed E-state index contributed by atoms with van der Waals surface area (Å²) >= 11 is 0. The van der Waals surface area contributed by atoms with Crippen molar-refractivity contribution in [1.82, 2.24) is 19.5 Å². The fraction of sp³-hybridized carbons (Fsp3) is 0.368. The fourth-order valence-electron chi connectivity index (χ4n) is 3.33. The number of hydrogen-bond acceptors (Lipinski definition) is 5. The molecular formula is C19H21FN4O3S. The number of halogens is 1. The van der Waals surface area contributed by atoms with E-state index in [0.717, 1.165) is 12.8 Å². The van der Waals surface area contributed by atoms with E-state index in [2.05, 4.69) is 14.9 Å². The van der Waals surface area contributed by atoms with Crippen LogP contribution in [0.4, 0.5) is 4.39 Å². The smallest absolute Gasteiger partial charge is 0.264 e. The monoisotopic (exact) mass is 404 g/mol. The van der Waals surface area contributed by atoms with Gasteiger partial charge in [0.15, 0.2) is 0 Å². The zero-order valence-electron chi connectivity index (χ0n) is 15.9. The molecule has 1 fully saturated rings. The Kier molecular flexibility index (Phi) is 4.59. The van der Waals surface area contributed by atoms with Gasteiger partial charge in [0.2, 0.25) is 15.9 Å². The van der Waals surface area contributed by atoms with Crippen LogP contribution >= 0.6 is 0 Å². The Bertz CT molecular complexity index is 1130. The molecule has 1 aliphatic rings. The Hall–Kier alpha value is -2.52. The van der Waals surface area contributed by atoms with Crippen molar-refractivity contribution in [3.8, 4) is 11.6 Å². The summed E-state index contributed by atoms with van der Waals surface area (Å²) in [6.45, 7) is 3.54. The highest BCUT2D eigenvalue weighted by molar-refractivity contribution is 7.89. The topological polar surface area (TPSA) is 90.0 Å². The molecule has 1 N–H and O–H groups in total. The van der Waals surface area contributed by atoms with Crippen LogP contribution < -0.4 is 4.72 Å². The molecule has 0 aliphatic heterocycles. The third-order valence-corrected chi connectivity index (χ3v) is 6.74. The quantitative estimate of drug-likeness (QED) is 0.681. The van der Waals surface area contributed by atoms with Crippen LogP contribution in [0.2, 0.25) is 0 Å². The second-order valence-corrected chi connectivity index (χ2v) is 8.82. The maximum atomic E-state index is 13.0. The first-order valence-corrected chi connectivity index (χ1v) is 10.5. The lowest BCUT2D eigenvalue weighted by molar-refractivity contribution is 0.504. The lowest BCUT2D eigenvalue weighted by Gasteiger charge is -2.08. The maximum Gasteiger partial charge on any atom is 0.264 e. The van der Waals surface area contributed by atoms with Crippen molar-refractivity contribution in [1.29, 1.82) is 0 Å². The van der Waals surface area contributed by atoms with Gasteiger partial charge >= 0.3 is 0 Å². The molecule has 1 aromatic carbocycles. The molecule has 3 aromatic rings. The molecule has 0 amide bonds. The standard InChI is InChI=1S/C19H21FN4O3S/c1-11-16(19-23-22-18(27-19)14-6-7-14)24(3)12(2)17(11)28(25,26)21-10-13-4-8-15(20)9-5-13/h4-5,8-9,14,21H,6-7,10H2,1-3H3. The molecule has 2 heterocycles. The van der Waals surface area contributed by atoms with Gasteiger partial charge in [-0.25, -0.2) is 17.5 Å². The lowest BCUT2D eigenvalue weighted by atomic mass is 10.2. The normalized spacial score (nSPS) is 14.6. The molecular weight excluding hydrogens is 383 g/mol. The van der Waals surface area contributed by atoms with Crippen molar-refractivity contribution in [2.75, 3.05) is 0 Å². The third kappa shape index (κ3) is 3.35. The van der Waals surface area contributed by atoms with E-state index in [1.165, 1.54) is 12.1 Å². The molecule has 0 radical (unpaired) electrons. The van der Waals surface area contributed by atoms with E-state index in [1.807, 2.05) is 0 Å². The van der Waals surface area contributed by atoms with E-state index in [9.17, 15) is 12.8 Å². The van der Waals surface area contributed by atoms with Gasteiger partial charge in [0, 0.05) is 30.8 Å². The highest BCUT2D eigenvalue weighted by atomic mass is 32.2. The van der Waals surface area contributed by atoms with Crippen molar-refractivity contribution < 1.29 is 17.2 Å². The number of sulfonamides is 1. The molecule has 0 bridgehead atoms. The molecule has 148 valence electrons. The molecule has 2 aromatic heterocycles. The number of hydrogen-bond donors (Lipinski definition) is 1. The minimum atomic E-state index is -3.79. The SMILES string of the molecule is Cc1c(S(=O)(=O)NCc2ccc(F)cc2)c(C)n(C)c1-c1nnc(C2CC2)o1. The van der Waals surface area contributed by atoms with E-state index in [4.69, 9.17) is 4.42 Å². The maximum absolute atomic E-state index is 13.0. The zero-order chi connectivity index (χ0) is 20.1. The van der Waals surface area contributed by atoms with Crippen LogP contribution in [-0.2, 0) is 23.6 Å². The molecule has 28 heavy (non-hydrogen) atoms. The van der Waals surface area contributed by atoms with Crippen LogP contribution in [0.25, 0.3) is 11.6 Å². The Morgan fingerprint density at radius 2 is 1.89 bits per heavy atom. The molecule has 0 unspecified atom stereocenters. The van der Waals surface area contributed by atoms with Gasteiger partial charge in [-0.1, -0.05) is 12.1 Å². The van der Waals surface area contributed by atoms with Gasteiger partial charge in [0.25, 0.3) is 5.89 Å². The first-order valence-electron chi connectivity index (χ1n) is 9.01. The molecule has 4 rings (SSSR count). The predicted octanol–water partition coefficient (Wildman–Crippen LogP) is 3.19. The van der Waals surface area contributed by atoms with Gasteiger partial charge in [-0.05, 0) is 44.4 Å². The Morgan fingerprint density at radius 1 is 1.21 bits per heavy atom. The molecule has 0 spiro atoms. The van der Waals surface area contributed by atoms with Gasteiger partial charge in [-0.15, -0.1) is 10.2 Å². The van der Waals surface area contributed by atoms with Crippen LogP contribution in [0.5, 0.6) is 0 Å². The van der Waals surface area contributed by atoms with Gasteiger partial charge in [0.1, 0.15) is 16.4 Å². The van der Waals surface area contributed by atoms with Crippen molar-refractivity contribution in [3.63, 3.8) is 0 Å². The summed E-state index contributed by atoms with van der Waals surface area (Å²) in [6.07, 6.45) is 2.08. The summed E-state index contributed by atoms with van der Waals surface area (Å²) in [5.74, 6) is 0.886. The van der Waals surface area contributed by atoms with Gasteiger partial charge < -0.3 is 8.98 Å². The van der Waals surface area contributed by atoms with Crippen LogP contribution in [0.1, 0.15) is 41.5 Å². The molecule has 0 atom stereocenters. The second-order valence-electron chi connectivity index (χ2n) is 7.12. The Labute approximate surface area is 162 Å². The molecule has 9 heteroatoms. The van der Waals surface area contributed by atoms with Crippen molar-refractivity contribution in [2.45, 2.75) is 44.0 Å². The number of rotatable bonds is 6. The predicted molar refractivity (Wildman–Crippen MR) is 101 cm³/mol. The lowest BCUT2D eigenvalue weighted by Crippen LogP contribution is -2.24. The Morgan fingerprint density at radius 3 is 2.54 bits per heavy atom. The summed E-state index contributed by atoms with van der Waals surface area (Å²) in [4.78, 5) is 0.193. The number of nitrogens with zero attached hydrogens (tertiary/aromatic N) is 3. The summed E-state index contributed by atoms with van der Waals surface area (Å²) in [6, 6.07) is 5.69. The van der Waals surface area contributed by atoms with E-state index in [1.54, 1.807) is 37.6 Å². The van der Waals surface area contributed by atoms with Gasteiger partial charge in [-0.3, -0.25) is 0 Å². The van der Waals surface area contributed by atoms with Crippen LogP contribution in [0.3, 0.4) is 0 Å².